The molecule has 0 spiro atoms. The van der Waals surface area contributed by atoms with Crippen LogP contribution in [0.3, 0.4) is 0 Å². The zero-order valence-electron chi connectivity index (χ0n) is 10.9. The summed E-state index contributed by atoms with van der Waals surface area (Å²) in [6, 6.07) is 8.34. The van der Waals surface area contributed by atoms with Crippen LogP contribution in [0.2, 0.25) is 0 Å². The second-order valence-electron chi connectivity index (χ2n) is 4.22. The summed E-state index contributed by atoms with van der Waals surface area (Å²) >= 11 is 0. The van der Waals surface area contributed by atoms with Crippen molar-refractivity contribution >= 4 is 5.97 Å². The van der Waals surface area contributed by atoms with E-state index in [1.165, 1.54) is 11.1 Å². The Bertz CT molecular complexity index is 363. The van der Waals surface area contributed by atoms with E-state index < -0.39 is 0 Å². The van der Waals surface area contributed by atoms with E-state index in [0.717, 1.165) is 13.0 Å². The van der Waals surface area contributed by atoms with Gasteiger partial charge in [-0.05, 0) is 38.4 Å². The van der Waals surface area contributed by atoms with Crippen molar-refractivity contribution in [3.8, 4) is 0 Å². The van der Waals surface area contributed by atoms with Crippen LogP contribution in [0.1, 0.15) is 18.1 Å². The molecule has 0 saturated heterocycles. The smallest absolute Gasteiger partial charge is 0.320 e. The van der Waals surface area contributed by atoms with Crippen LogP contribution in [0.15, 0.2) is 24.3 Å². The first-order valence-corrected chi connectivity index (χ1v) is 6.02. The second-order valence-corrected chi connectivity index (χ2v) is 4.22. The van der Waals surface area contributed by atoms with E-state index in [2.05, 4.69) is 19.1 Å². The number of likely N-dealkylation sites (N-methyl/N-ethyl adjacent to an activating group) is 1. The number of esters is 1. The molecule has 0 aliphatic heterocycles. The highest BCUT2D eigenvalue weighted by molar-refractivity contribution is 5.71. The Kier molecular flexibility index (Phi) is 5.70. The first-order chi connectivity index (χ1) is 8.13. The molecule has 0 bridgehead atoms. The van der Waals surface area contributed by atoms with Gasteiger partial charge >= 0.3 is 5.97 Å². The molecule has 1 rings (SSSR count). The minimum Gasteiger partial charge on any atom is -0.465 e. The predicted molar refractivity (Wildman–Crippen MR) is 69.0 cm³/mol. The van der Waals surface area contributed by atoms with E-state index >= 15 is 0 Å². The minimum atomic E-state index is -0.153. The molecule has 0 amide bonds. The van der Waals surface area contributed by atoms with Gasteiger partial charge in [-0.25, -0.2) is 0 Å². The maximum atomic E-state index is 11.3. The topological polar surface area (TPSA) is 29.5 Å². The van der Waals surface area contributed by atoms with Crippen molar-refractivity contribution in [3.63, 3.8) is 0 Å². The molecule has 94 valence electrons. The number of aryl methyl sites for hydroxylation is 1. The zero-order chi connectivity index (χ0) is 12.7. The molecule has 0 heterocycles. The van der Waals surface area contributed by atoms with Crippen molar-refractivity contribution in [2.45, 2.75) is 20.3 Å². The van der Waals surface area contributed by atoms with Crippen molar-refractivity contribution in [1.82, 2.24) is 4.90 Å². The average molecular weight is 235 g/mol. The van der Waals surface area contributed by atoms with E-state index in [4.69, 9.17) is 4.74 Å². The molecule has 0 N–H and O–H groups in total. The molecular weight excluding hydrogens is 214 g/mol. The lowest BCUT2D eigenvalue weighted by Crippen LogP contribution is -2.29. The van der Waals surface area contributed by atoms with Crippen LogP contribution in [0.5, 0.6) is 0 Å². The Balaban J connectivity index is 2.35. The number of rotatable bonds is 6. The number of carbonyl (C=O) groups is 1. The first-order valence-electron chi connectivity index (χ1n) is 6.02. The third kappa shape index (κ3) is 5.00. The lowest BCUT2D eigenvalue weighted by molar-refractivity contribution is -0.144. The summed E-state index contributed by atoms with van der Waals surface area (Å²) in [5, 5.41) is 0. The highest BCUT2D eigenvalue weighted by atomic mass is 16.5. The summed E-state index contributed by atoms with van der Waals surface area (Å²) in [7, 11) is 1.94. The summed E-state index contributed by atoms with van der Waals surface area (Å²) in [5.74, 6) is -0.153. The number of ether oxygens (including phenoxy) is 1. The molecule has 0 aromatic heterocycles. The van der Waals surface area contributed by atoms with Gasteiger partial charge in [0.25, 0.3) is 0 Å². The Morgan fingerprint density at radius 1 is 1.35 bits per heavy atom. The largest absolute Gasteiger partial charge is 0.465 e. The van der Waals surface area contributed by atoms with Gasteiger partial charge in [-0.15, -0.1) is 0 Å². The fraction of sp³-hybridized carbons (Fsp3) is 0.500. The van der Waals surface area contributed by atoms with Crippen LogP contribution in [0, 0.1) is 6.92 Å². The third-order valence-corrected chi connectivity index (χ3v) is 2.73. The normalized spacial score (nSPS) is 10.6. The molecule has 1 aromatic rings. The highest BCUT2D eigenvalue weighted by Gasteiger charge is 2.07. The number of hydrogen-bond acceptors (Lipinski definition) is 3. The van der Waals surface area contributed by atoms with Gasteiger partial charge in [0.2, 0.25) is 0 Å². The molecule has 1 aromatic carbocycles. The molecule has 17 heavy (non-hydrogen) atoms. The van der Waals surface area contributed by atoms with Gasteiger partial charge in [0, 0.05) is 6.54 Å². The van der Waals surface area contributed by atoms with Gasteiger partial charge in [0.15, 0.2) is 0 Å². The SMILES string of the molecule is CCOC(=O)CN(C)CCc1ccccc1C. The highest BCUT2D eigenvalue weighted by Crippen LogP contribution is 2.07. The maximum Gasteiger partial charge on any atom is 0.320 e. The monoisotopic (exact) mass is 235 g/mol. The Morgan fingerprint density at radius 3 is 2.71 bits per heavy atom. The van der Waals surface area contributed by atoms with Gasteiger partial charge < -0.3 is 4.74 Å². The van der Waals surface area contributed by atoms with E-state index in [1.54, 1.807) is 0 Å². The van der Waals surface area contributed by atoms with Gasteiger partial charge in [0.1, 0.15) is 0 Å². The molecule has 0 unspecified atom stereocenters. The predicted octanol–water partition coefficient (Wildman–Crippen LogP) is 2.03. The molecule has 0 saturated carbocycles. The molecule has 0 aliphatic rings. The van der Waals surface area contributed by atoms with Crippen LogP contribution in [0.4, 0.5) is 0 Å². The summed E-state index contributed by atoms with van der Waals surface area (Å²) in [6.07, 6.45) is 0.961. The standard InChI is InChI=1S/C14H21NO2/c1-4-17-14(16)11-15(3)10-9-13-8-6-5-7-12(13)2/h5-8H,4,9-11H2,1-3H3. The summed E-state index contributed by atoms with van der Waals surface area (Å²) in [5.41, 5.74) is 2.64. The van der Waals surface area contributed by atoms with E-state index in [9.17, 15) is 4.79 Å². The van der Waals surface area contributed by atoms with Crippen LogP contribution >= 0.6 is 0 Å². The Morgan fingerprint density at radius 2 is 2.06 bits per heavy atom. The van der Waals surface area contributed by atoms with E-state index in [0.29, 0.717) is 13.2 Å². The summed E-state index contributed by atoms with van der Waals surface area (Å²) < 4.78 is 4.91. The number of nitrogens with zero attached hydrogens (tertiary/aromatic N) is 1. The lowest BCUT2D eigenvalue weighted by Gasteiger charge is -2.16. The Hall–Kier alpha value is -1.35. The quantitative estimate of drug-likeness (QED) is 0.707. The first kappa shape index (κ1) is 13.7. The van der Waals surface area contributed by atoms with Gasteiger partial charge in [-0.3, -0.25) is 9.69 Å². The van der Waals surface area contributed by atoms with Crippen molar-refractivity contribution in [1.29, 1.82) is 0 Å². The second kappa shape index (κ2) is 7.07. The maximum absolute atomic E-state index is 11.3. The Labute approximate surface area is 103 Å². The average Bonchev–Trinajstić information content (AvgIpc) is 2.28. The molecule has 0 fully saturated rings. The van der Waals surface area contributed by atoms with Crippen molar-refractivity contribution in [2.24, 2.45) is 0 Å². The molecule has 3 nitrogen and oxygen atoms in total. The van der Waals surface area contributed by atoms with Crippen molar-refractivity contribution in [2.75, 3.05) is 26.7 Å². The fourth-order valence-electron chi connectivity index (χ4n) is 1.71. The van der Waals surface area contributed by atoms with Crippen LogP contribution in [-0.4, -0.2) is 37.6 Å². The van der Waals surface area contributed by atoms with Crippen LogP contribution in [-0.2, 0) is 16.0 Å². The van der Waals surface area contributed by atoms with Crippen molar-refractivity contribution in [3.05, 3.63) is 35.4 Å². The van der Waals surface area contributed by atoms with E-state index in [1.807, 2.05) is 31.0 Å². The number of benzene rings is 1. The third-order valence-electron chi connectivity index (χ3n) is 2.73. The minimum absolute atomic E-state index is 0.153. The molecule has 0 radical (unpaired) electrons. The zero-order valence-corrected chi connectivity index (χ0v) is 10.9. The summed E-state index contributed by atoms with van der Waals surface area (Å²) in [4.78, 5) is 13.3. The lowest BCUT2D eigenvalue weighted by atomic mass is 10.1. The molecule has 0 aliphatic carbocycles. The van der Waals surface area contributed by atoms with E-state index in [-0.39, 0.29) is 5.97 Å². The van der Waals surface area contributed by atoms with Gasteiger partial charge in [0.05, 0.1) is 13.2 Å². The van der Waals surface area contributed by atoms with Gasteiger partial charge in [-0.2, -0.15) is 0 Å². The summed E-state index contributed by atoms with van der Waals surface area (Å²) in [6.45, 7) is 5.61. The molecule has 3 heteroatoms. The van der Waals surface area contributed by atoms with Crippen molar-refractivity contribution < 1.29 is 9.53 Å². The molecule has 0 atom stereocenters. The fourth-order valence-corrected chi connectivity index (χ4v) is 1.71. The number of carbonyl (C=O) groups excluding carboxylic acids is 1. The number of hydrogen-bond donors (Lipinski definition) is 0. The van der Waals surface area contributed by atoms with Gasteiger partial charge in [-0.1, -0.05) is 24.3 Å². The van der Waals surface area contributed by atoms with Crippen LogP contribution in [0.25, 0.3) is 0 Å². The van der Waals surface area contributed by atoms with Crippen LogP contribution < -0.4 is 0 Å². The molecular formula is C14H21NO2.